The molecule has 2 aromatic rings. The zero-order valence-electron chi connectivity index (χ0n) is 11.1. The van der Waals surface area contributed by atoms with E-state index in [0.29, 0.717) is 29.4 Å². The molecular formula is C14H16N4O2. The molecule has 0 aliphatic carbocycles. The number of hydrogen-bond acceptors (Lipinski definition) is 6. The number of fused-ring (bicyclic) bond motifs is 2. The van der Waals surface area contributed by atoms with Gasteiger partial charge < -0.3 is 26.7 Å². The predicted molar refractivity (Wildman–Crippen MR) is 76.8 cm³/mol. The molecule has 0 saturated heterocycles. The van der Waals surface area contributed by atoms with Crippen LogP contribution in [0.25, 0.3) is 0 Å². The van der Waals surface area contributed by atoms with E-state index in [2.05, 4.69) is 4.98 Å². The molecule has 1 aliphatic rings. The third kappa shape index (κ3) is 1.81. The van der Waals surface area contributed by atoms with Crippen molar-refractivity contribution in [3.8, 4) is 17.4 Å². The molecule has 1 aromatic carbocycles. The van der Waals surface area contributed by atoms with Gasteiger partial charge in [-0.05, 0) is 18.2 Å². The summed E-state index contributed by atoms with van der Waals surface area (Å²) in [4.78, 5) is 4.25. The second kappa shape index (κ2) is 4.57. The number of pyridine rings is 1. The van der Waals surface area contributed by atoms with E-state index in [0.717, 1.165) is 22.6 Å². The highest BCUT2D eigenvalue weighted by Crippen LogP contribution is 2.41. The fraction of sp³-hybridized carbons (Fsp3) is 0.214. The lowest BCUT2D eigenvalue weighted by atomic mass is 9.98. The SMILES string of the molecule is COc1ccc2c(c1)Cc1c(nc(N)c(CN)c1N)O2. The van der Waals surface area contributed by atoms with E-state index in [1.165, 1.54) is 0 Å². The van der Waals surface area contributed by atoms with Gasteiger partial charge in [0.15, 0.2) is 0 Å². The zero-order chi connectivity index (χ0) is 14.3. The van der Waals surface area contributed by atoms with Crippen LogP contribution in [-0.4, -0.2) is 12.1 Å². The van der Waals surface area contributed by atoms with Gasteiger partial charge in [-0.1, -0.05) is 0 Å². The average molecular weight is 272 g/mol. The van der Waals surface area contributed by atoms with Gasteiger partial charge in [-0.15, -0.1) is 0 Å². The molecule has 0 spiro atoms. The van der Waals surface area contributed by atoms with Crippen molar-refractivity contribution < 1.29 is 9.47 Å². The van der Waals surface area contributed by atoms with Crippen molar-refractivity contribution in [3.05, 3.63) is 34.9 Å². The molecule has 1 aromatic heterocycles. The number of ether oxygens (including phenoxy) is 2. The first-order valence-electron chi connectivity index (χ1n) is 6.25. The summed E-state index contributed by atoms with van der Waals surface area (Å²) in [7, 11) is 1.63. The molecule has 3 rings (SSSR count). The highest BCUT2D eigenvalue weighted by atomic mass is 16.5. The normalized spacial score (nSPS) is 12.3. The number of anilines is 2. The summed E-state index contributed by atoms with van der Waals surface area (Å²) in [6, 6.07) is 5.61. The van der Waals surface area contributed by atoms with Gasteiger partial charge in [0.25, 0.3) is 0 Å². The lowest BCUT2D eigenvalue weighted by molar-refractivity contribution is 0.408. The third-order valence-corrected chi connectivity index (χ3v) is 3.49. The van der Waals surface area contributed by atoms with Crippen LogP contribution in [0.2, 0.25) is 0 Å². The van der Waals surface area contributed by atoms with Crippen LogP contribution >= 0.6 is 0 Å². The molecule has 104 valence electrons. The van der Waals surface area contributed by atoms with E-state index in [-0.39, 0.29) is 6.54 Å². The maximum atomic E-state index is 6.13. The Hall–Kier alpha value is -2.47. The molecule has 6 N–H and O–H groups in total. The summed E-state index contributed by atoms with van der Waals surface area (Å²) in [5, 5.41) is 0. The van der Waals surface area contributed by atoms with Crippen molar-refractivity contribution in [2.75, 3.05) is 18.6 Å². The van der Waals surface area contributed by atoms with Crippen LogP contribution in [0.1, 0.15) is 16.7 Å². The summed E-state index contributed by atoms with van der Waals surface area (Å²) >= 11 is 0. The number of hydrogen-bond donors (Lipinski definition) is 3. The Bertz CT molecular complexity index is 685. The largest absolute Gasteiger partial charge is 0.497 e. The fourth-order valence-corrected chi connectivity index (χ4v) is 2.36. The fourth-order valence-electron chi connectivity index (χ4n) is 2.36. The van der Waals surface area contributed by atoms with Gasteiger partial charge >= 0.3 is 0 Å². The zero-order valence-corrected chi connectivity index (χ0v) is 11.1. The van der Waals surface area contributed by atoms with Crippen LogP contribution in [0.4, 0.5) is 11.5 Å². The lowest BCUT2D eigenvalue weighted by Crippen LogP contribution is -2.14. The van der Waals surface area contributed by atoms with Crippen molar-refractivity contribution in [1.29, 1.82) is 0 Å². The first kappa shape index (κ1) is 12.6. The summed E-state index contributed by atoms with van der Waals surface area (Å²) < 4.78 is 11.0. The van der Waals surface area contributed by atoms with Crippen LogP contribution in [0.5, 0.6) is 17.4 Å². The smallest absolute Gasteiger partial charge is 0.226 e. The number of nitrogens with two attached hydrogens (primary N) is 3. The van der Waals surface area contributed by atoms with Crippen molar-refractivity contribution in [1.82, 2.24) is 4.98 Å². The molecule has 1 aliphatic heterocycles. The topological polar surface area (TPSA) is 109 Å². The van der Waals surface area contributed by atoms with Crippen LogP contribution in [0.3, 0.4) is 0 Å². The number of nitrogen functional groups attached to an aromatic ring is 2. The van der Waals surface area contributed by atoms with E-state index >= 15 is 0 Å². The Balaban J connectivity index is 2.11. The standard InChI is InChI=1S/C14H16N4O2/c1-19-8-2-3-11-7(4-8)5-9-12(16)10(6-15)13(17)18-14(9)20-11/h2-4H,5-6,15H2,1H3,(H4,16,17,18). The molecule has 6 nitrogen and oxygen atoms in total. The average Bonchev–Trinajstić information content (AvgIpc) is 2.45. The Morgan fingerprint density at radius 2 is 2.15 bits per heavy atom. The third-order valence-electron chi connectivity index (χ3n) is 3.49. The molecule has 0 fully saturated rings. The molecule has 0 atom stereocenters. The van der Waals surface area contributed by atoms with Crippen molar-refractivity contribution in [2.24, 2.45) is 5.73 Å². The minimum atomic E-state index is 0.253. The van der Waals surface area contributed by atoms with Crippen molar-refractivity contribution in [2.45, 2.75) is 13.0 Å². The van der Waals surface area contributed by atoms with Crippen LogP contribution < -0.4 is 26.7 Å². The van der Waals surface area contributed by atoms with E-state index in [9.17, 15) is 0 Å². The molecule has 0 bridgehead atoms. The van der Waals surface area contributed by atoms with Gasteiger partial charge in [-0.2, -0.15) is 4.98 Å². The first-order valence-corrected chi connectivity index (χ1v) is 6.25. The molecule has 20 heavy (non-hydrogen) atoms. The monoisotopic (exact) mass is 272 g/mol. The van der Waals surface area contributed by atoms with E-state index in [4.69, 9.17) is 26.7 Å². The Labute approximate surface area is 116 Å². The van der Waals surface area contributed by atoms with Crippen molar-refractivity contribution >= 4 is 11.5 Å². The van der Waals surface area contributed by atoms with Crippen LogP contribution in [0.15, 0.2) is 18.2 Å². The van der Waals surface area contributed by atoms with Crippen molar-refractivity contribution in [3.63, 3.8) is 0 Å². The highest BCUT2D eigenvalue weighted by Gasteiger charge is 2.24. The first-order chi connectivity index (χ1) is 9.63. The number of rotatable bonds is 2. The van der Waals surface area contributed by atoms with Crippen LogP contribution in [-0.2, 0) is 13.0 Å². The van der Waals surface area contributed by atoms with Gasteiger partial charge in [0, 0.05) is 35.3 Å². The van der Waals surface area contributed by atoms with Gasteiger partial charge in [0.1, 0.15) is 17.3 Å². The molecule has 0 saturated carbocycles. The van der Waals surface area contributed by atoms with Gasteiger partial charge in [-0.25, -0.2) is 0 Å². The molecule has 0 amide bonds. The number of methoxy groups -OCH3 is 1. The number of benzene rings is 1. The van der Waals surface area contributed by atoms with Gasteiger partial charge in [0.05, 0.1) is 7.11 Å². The predicted octanol–water partition coefficient (Wildman–Crippen LogP) is 1.41. The number of aromatic nitrogens is 1. The maximum Gasteiger partial charge on any atom is 0.226 e. The number of nitrogens with zero attached hydrogens (tertiary/aromatic N) is 1. The van der Waals surface area contributed by atoms with Gasteiger partial charge in [-0.3, -0.25) is 0 Å². The maximum absolute atomic E-state index is 6.13. The van der Waals surface area contributed by atoms with E-state index < -0.39 is 0 Å². The molecule has 0 unspecified atom stereocenters. The minimum Gasteiger partial charge on any atom is -0.497 e. The Morgan fingerprint density at radius 1 is 1.35 bits per heavy atom. The quantitative estimate of drug-likeness (QED) is 0.650. The summed E-state index contributed by atoms with van der Waals surface area (Å²) in [6.45, 7) is 0.253. The van der Waals surface area contributed by atoms with Gasteiger partial charge in [0.2, 0.25) is 5.88 Å². The summed E-state index contributed by atoms with van der Waals surface area (Å²) in [5.41, 5.74) is 20.7. The minimum absolute atomic E-state index is 0.253. The molecule has 0 radical (unpaired) electrons. The second-order valence-corrected chi connectivity index (χ2v) is 4.63. The molecule has 2 heterocycles. The highest BCUT2D eigenvalue weighted by molar-refractivity contribution is 5.68. The Morgan fingerprint density at radius 3 is 2.85 bits per heavy atom. The van der Waals surface area contributed by atoms with E-state index in [1.54, 1.807) is 7.11 Å². The summed E-state index contributed by atoms with van der Waals surface area (Å²) in [5.74, 6) is 2.29. The Kier molecular flexibility index (Phi) is 2.87. The lowest BCUT2D eigenvalue weighted by Gasteiger charge is -2.23. The second-order valence-electron chi connectivity index (χ2n) is 4.63. The molecule has 6 heteroatoms. The van der Waals surface area contributed by atoms with Crippen LogP contribution in [0, 0.1) is 0 Å². The molecular weight excluding hydrogens is 256 g/mol. The summed E-state index contributed by atoms with van der Waals surface area (Å²) in [6.07, 6.45) is 0.619. The van der Waals surface area contributed by atoms with E-state index in [1.807, 2.05) is 18.2 Å².